The lowest BCUT2D eigenvalue weighted by molar-refractivity contribution is 0.102. The van der Waals surface area contributed by atoms with E-state index in [1.165, 1.54) is 0 Å². The molecular weight excluding hydrogens is 320 g/mol. The van der Waals surface area contributed by atoms with Crippen LogP contribution in [0, 0.1) is 5.92 Å². The lowest BCUT2D eigenvalue weighted by Gasteiger charge is -2.07. The van der Waals surface area contributed by atoms with Gasteiger partial charge in [-0.1, -0.05) is 13.8 Å². The van der Waals surface area contributed by atoms with Gasteiger partial charge in [0.15, 0.2) is 5.75 Å². The summed E-state index contributed by atoms with van der Waals surface area (Å²) in [6.45, 7) is 3.97. The molecule has 0 saturated heterocycles. The van der Waals surface area contributed by atoms with Crippen molar-refractivity contribution >= 4 is 11.6 Å². The van der Waals surface area contributed by atoms with Gasteiger partial charge in [-0.15, -0.1) is 0 Å². The number of hydrogen-bond acceptors (Lipinski definition) is 4. The number of rotatable bonds is 5. The molecule has 3 rings (SSSR count). The van der Waals surface area contributed by atoms with Crippen LogP contribution in [0.1, 0.15) is 29.9 Å². The fraction of sp³-hybridized carbons (Fsp3) is 0.222. The summed E-state index contributed by atoms with van der Waals surface area (Å²) in [6, 6.07) is 7.14. The van der Waals surface area contributed by atoms with E-state index in [0.29, 0.717) is 17.8 Å². The second-order valence-corrected chi connectivity index (χ2v) is 6.24. The molecule has 0 unspecified atom stereocenters. The molecule has 0 aliphatic carbocycles. The average molecular weight is 340 g/mol. The topological polar surface area (TPSA) is 103 Å². The number of amides is 1. The number of carbonyl (C=O) groups excluding carboxylic acids is 1. The van der Waals surface area contributed by atoms with Crippen molar-refractivity contribution in [2.75, 3.05) is 5.32 Å². The van der Waals surface area contributed by atoms with Crippen molar-refractivity contribution in [2.24, 2.45) is 5.92 Å². The molecular formula is C18H20N4O3. The molecule has 130 valence electrons. The number of H-pyrrole nitrogens is 1. The second-order valence-electron chi connectivity index (χ2n) is 6.24. The number of nitrogens with zero attached hydrogens (tertiary/aromatic N) is 2. The molecule has 0 atom stereocenters. The van der Waals surface area contributed by atoms with Crippen molar-refractivity contribution in [3.63, 3.8) is 0 Å². The summed E-state index contributed by atoms with van der Waals surface area (Å²) in [5, 5.41) is 22.8. The summed E-state index contributed by atoms with van der Waals surface area (Å²) >= 11 is 0. The average Bonchev–Trinajstić information content (AvgIpc) is 3.17. The van der Waals surface area contributed by atoms with Gasteiger partial charge in [0.1, 0.15) is 5.56 Å². The number of nitrogens with one attached hydrogen (secondary N) is 2. The Labute approximate surface area is 145 Å². The highest BCUT2D eigenvalue weighted by atomic mass is 16.3. The molecule has 0 aliphatic heterocycles. The molecule has 0 aliphatic rings. The van der Waals surface area contributed by atoms with Crippen molar-refractivity contribution in [1.82, 2.24) is 14.5 Å². The van der Waals surface area contributed by atoms with Crippen molar-refractivity contribution in [2.45, 2.75) is 20.3 Å². The zero-order valence-electron chi connectivity index (χ0n) is 14.0. The number of hydrogen-bond donors (Lipinski definition) is 4. The molecule has 2 aromatic heterocycles. The lowest BCUT2D eigenvalue weighted by Crippen LogP contribution is -2.11. The van der Waals surface area contributed by atoms with Crippen LogP contribution < -0.4 is 5.32 Å². The number of carbonyl (C=O) groups is 1. The molecule has 7 heteroatoms. The Morgan fingerprint density at radius 2 is 2.00 bits per heavy atom. The summed E-state index contributed by atoms with van der Waals surface area (Å²) in [4.78, 5) is 19.1. The van der Waals surface area contributed by atoms with Gasteiger partial charge in [0.25, 0.3) is 5.91 Å². The van der Waals surface area contributed by atoms with Gasteiger partial charge >= 0.3 is 0 Å². The quantitative estimate of drug-likeness (QED) is 0.573. The SMILES string of the molecule is CC(C)Cc1[nH]c(O)c(C(=O)Nc2ccc(-n3ccnc3)cc2)c1O. The standard InChI is InChI=1S/C18H20N4O3/c1-11(2)9-14-16(23)15(18(25)21-14)17(24)20-12-3-5-13(6-4-12)22-8-7-19-10-22/h3-8,10-11,21,23,25H,9H2,1-2H3,(H,20,24). The molecule has 3 aromatic rings. The van der Waals surface area contributed by atoms with E-state index < -0.39 is 5.91 Å². The normalized spacial score (nSPS) is 11.0. The van der Waals surface area contributed by atoms with E-state index in [4.69, 9.17) is 0 Å². The van der Waals surface area contributed by atoms with Crippen LogP contribution in [0.15, 0.2) is 43.0 Å². The third kappa shape index (κ3) is 3.50. The van der Waals surface area contributed by atoms with E-state index in [-0.39, 0.29) is 23.1 Å². The monoisotopic (exact) mass is 340 g/mol. The van der Waals surface area contributed by atoms with Gasteiger partial charge in [0.2, 0.25) is 5.88 Å². The third-order valence-electron chi connectivity index (χ3n) is 3.80. The van der Waals surface area contributed by atoms with Crippen LogP contribution >= 0.6 is 0 Å². The van der Waals surface area contributed by atoms with Crippen LogP contribution in [0.4, 0.5) is 5.69 Å². The Balaban J connectivity index is 1.77. The summed E-state index contributed by atoms with van der Waals surface area (Å²) in [5.41, 5.74) is 1.77. The predicted octanol–water partition coefficient (Wildman–Crippen LogP) is 3.06. The van der Waals surface area contributed by atoms with Gasteiger partial charge in [0, 0.05) is 23.8 Å². The summed E-state index contributed by atoms with van der Waals surface area (Å²) in [5.74, 6) is -0.841. The molecule has 7 nitrogen and oxygen atoms in total. The minimum Gasteiger partial charge on any atom is -0.505 e. The molecule has 0 saturated carbocycles. The fourth-order valence-corrected chi connectivity index (χ4v) is 2.62. The van der Waals surface area contributed by atoms with Crippen LogP contribution in [0.25, 0.3) is 5.69 Å². The maximum absolute atomic E-state index is 12.4. The van der Waals surface area contributed by atoms with Crippen LogP contribution in [-0.4, -0.2) is 30.7 Å². The van der Waals surface area contributed by atoms with Crippen molar-refractivity contribution < 1.29 is 15.0 Å². The first-order valence-corrected chi connectivity index (χ1v) is 7.98. The largest absolute Gasteiger partial charge is 0.505 e. The Morgan fingerprint density at radius 3 is 2.60 bits per heavy atom. The fourth-order valence-electron chi connectivity index (χ4n) is 2.62. The number of anilines is 1. The molecule has 2 heterocycles. The molecule has 1 aromatic carbocycles. The van der Waals surface area contributed by atoms with E-state index in [9.17, 15) is 15.0 Å². The van der Waals surface area contributed by atoms with Crippen molar-refractivity contribution in [3.8, 4) is 17.3 Å². The summed E-state index contributed by atoms with van der Waals surface area (Å²) < 4.78 is 1.84. The Kier molecular flexibility index (Phi) is 4.47. The molecule has 0 fully saturated rings. The van der Waals surface area contributed by atoms with Gasteiger partial charge in [-0.3, -0.25) is 4.79 Å². The van der Waals surface area contributed by atoms with Crippen LogP contribution in [-0.2, 0) is 6.42 Å². The smallest absolute Gasteiger partial charge is 0.264 e. The highest BCUT2D eigenvalue weighted by Crippen LogP contribution is 2.32. The van der Waals surface area contributed by atoms with Gasteiger partial charge < -0.3 is 25.1 Å². The number of aromatic amines is 1. The Hall–Kier alpha value is -3.22. The van der Waals surface area contributed by atoms with E-state index in [1.54, 1.807) is 24.7 Å². The van der Waals surface area contributed by atoms with Crippen molar-refractivity contribution in [3.05, 3.63) is 54.2 Å². The van der Waals surface area contributed by atoms with Gasteiger partial charge in [-0.05, 0) is 36.6 Å². The Morgan fingerprint density at radius 1 is 1.28 bits per heavy atom. The van der Waals surface area contributed by atoms with Crippen LogP contribution in [0.3, 0.4) is 0 Å². The van der Waals surface area contributed by atoms with Gasteiger partial charge in [-0.2, -0.15) is 0 Å². The van der Waals surface area contributed by atoms with Crippen LogP contribution in [0.5, 0.6) is 11.6 Å². The van der Waals surface area contributed by atoms with E-state index in [0.717, 1.165) is 5.69 Å². The zero-order valence-corrected chi connectivity index (χ0v) is 14.0. The maximum atomic E-state index is 12.4. The van der Waals surface area contributed by atoms with Gasteiger partial charge in [-0.25, -0.2) is 4.98 Å². The number of imidazole rings is 1. The first kappa shape index (κ1) is 16.6. The number of benzene rings is 1. The predicted molar refractivity (Wildman–Crippen MR) is 94.2 cm³/mol. The lowest BCUT2D eigenvalue weighted by atomic mass is 10.1. The number of aromatic nitrogens is 3. The van der Waals surface area contributed by atoms with Crippen molar-refractivity contribution in [1.29, 1.82) is 0 Å². The molecule has 0 spiro atoms. The molecule has 0 bridgehead atoms. The number of aromatic hydroxyl groups is 2. The zero-order chi connectivity index (χ0) is 18.0. The maximum Gasteiger partial charge on any atom is 0.264 e. The highest BCUT2D eigenvalue weighted by Gasteiger charge is 2.23. The van der Waals surface area contributed by atoms with Crippen LogP contribution in [0.2, 0.25) is 0 Å². The molecule has 25 heavy (non-hydrogen) atoms. The van der Waals surface area contributed by atoms with E-state index >= 15 is 0 Å². The molecule has 4 N–H and O–H groups in total. The molecule has 1 amide bonds. The van der Waals surface area contributed by atoms with E-state index in [1.807, 2.05) is 36.7 Å². The van der Waals surface area contributed by atoms with Gasteiger partial charge in [0.05, 0.1) is 12.0 Å². The second kappa shape index (κ2) is 6.72. The van der Waals surface area contributed by atoms with E-state index in [2.05, 4.69) is 15.3 Å². The first-order chi connectivity index (χ1) is 12.0. The first-order valence-electron chi connectivity index (χ1n) is 7.98. The Bertz CT molecular complexity index is 865. The summed E-state index contributed by atoms with van der Waals surface area (Å²) in [7, 11) is 0. The minimum absolute atomic E-state index is 0.144. The minimum atomic E-state index is -0.573. The highest BCUT2D eigenvalue weighted by molar-refractivity contribution is 6.08. The third-order valence-corrected chi connectivity index (χ3v) is 3.80. The summed E-state index contributed by atoms with van der Waals surface area (Å²) in [6.07, 6.45) is 5.72. The molecule has 0 radical (unpaired) electrons.